The average molecular weight is 273 g/mol. The number of hydrogen-bond donors (Lipinski definition) is 2. The van der Waals surface area contributed by atoms with Crippen LogP contribution in [0.1, 0.15) is 24.2 Å². The van der Waals surface area contributed by atoms with Crippen molar-refractivity contribution in [2.45, 2.75) is 37.6 Å². The summed E-state index contributed by atoms with van der Waals surface area (Å²) in [5.41, 5.74) is 0.798. The molecule has 2 rings (SSSR count). The summed E-state index contributed by atoms with van der Waals surface area (Å²) in [5.74, 6) is -1.10. The third-order valence-electron chi connectivity index (χ3n) is 3.12. The van der Waals surface area contributed by atoms with Crippen LogP contribution in [0.2, 0.25) is 0 Å². The van der Waals surface area contributed by atoms with Gasteiger partial charge < -0.3 is 5.11 Å². The van der Waals surface area contributed by atoms with Crippen molar-refractivity contribution in [3.8, 4) is 0 Å². The first-order chi connectivity index (χ1) is 8.35. The fraction of sp³-hybridized carbons (Fsp3) is 0.600. The second kappa shape index (κ2) is 4.36. The quantitative estimate of drug-likeness (QED) is 0.822. The van der Waals surface area contributed by atoms with E-state index in [1.165, 1.54) is 0 Å². The van der Waals surface area contributed by atoms with E-state index < -0.39 is 22.0 Å². The molecule has 18 heavy (non-hydrogen) atoms. The Balaban J connectivity index is 2.46. The number of carboxylic acids is 1. The van der Waals surface area contributed by atoms with E-state index in [1.807, 2.05) is 0 Å². The van der Waals surface area contributed by atoms with Gasteiger partial charge in [0.05, 0.1) is 11.4 Å². The van der Waals surface area contributed by atoms with Crippen molar-refractivity contribution in [1.29, 1.82) is 0 Å². The van der Waals surface area contributed by atoms with E-state index in [0.717, 1.165) is 4.31 Å². The van der Waals surface area contributed by atoms with Gasteiger partial charge in [-0.2, -0.15) is 9.40 Å². The molecule has 0 saturated carbocycles. The van der Waals surface area contributed by atoms with Gasteiger partial charge in [0.2, 0.25) is 10.0 Å². The summed E-state index contributed by atoms with van der Waals surface area (Å²) < 4.78 is 26.0. The van der Waals surface area contributed by atoms with Gasteiger partial charge in [-0.05, 0) is 26.7 Å². The van der Waals surface area contributed by atoms with Crippen molar-refractivity contribution in [1.82, 2.24) is 14.5 Å². The minimum absolute atomic E-state index is 0.0932. The second-order valence-corrected chi connectivity index (χ2v) is 6.20. The van der Waals surface area contributed by atoms with Crippen LogP contribution in [-0.2, 0) is 14.8 Å². The Morgan fingerprint density at radius 2 is 2.17 bits per heavy atom. The van der Waals surface area contributed by atoms with E-state index in [0.29, 0.717) is 24.2 Å². The lowest BCUT2D eigenvalue weighted by Crippen LogP contribution is -2.40. The number of aromatic nitrogens is 2. The molecule has 0 aliphatic carbocycles. The maximum atomic E-state index is 12.5. The number of nitrogens with zero attached hydrogens (tertiary/aromatic N) is 2. The number of carboxylic acid groups (broad SMARTS) is 1. The molecule has 1 unspecified atom stereocenters. The summed E-state index contributed by atoms with van der Waals surface area (Å²) >= 11 is 0. The van der Waals surface area contributed by atoms with Crippen molar-refractivity contribution in [2.24, 2.45) is 0 Å². The Hall–Kier alpha value is -1.41. The monoisotopic (exact) mass is 273 g/mol. The van der Waals surface area contributed by atoms with E-state index in [4.69, 9.17) is 5.11 Å². The highest BCUT2D eigenvalue weighted by Gasteiger charge is 2.41. The van der Waals surface area contributed by atoms with Gasteiger partial charge in [0.15, 0.2) is 0 Å². The van der Waals surface area contributed by atoms with Crippen LogP contribution >= 0.6 is 0 Å². The SMILES string of the molecule is Cc1n[nH]c(C)c1S(=O)(=O)N1CCCC1C(=O)O. The lowest BCUT2D eigenvalue weighted by molar-refractivity contribution is -0.140. The lowest BCUT2D eigenvalue weighted by atomic mass is 10.2. The molecule has 100 valence electrons. The van der Waals surface area contributed by atoms with Crippen LogP contribution in [0.5, 0.6) is 0 Å². The Kier molecular flexibility index (Phi) is 3.16. The zero-order valence-electron chi connectivity index (χ0n) is 10.2. The maximum absolute atomic E-state index is 12.5. The molecule has 1 aromatic heterocycles. The molecule has 7 nitrogen and oxygen atoms in total. The van der Waals surface area contributed by atoms with Gasteiger partial charge in [-0.3, -0.25) is 9.89 Å². The molecule has 1 fully saturated rings. The molecule has 0 aromatic carbocycles. The minimum atomic E-state index is -3.79. The van der Waals surface area contributed by atoms with Gasteiger partial charge in [-0.15, -0.1) is 0 Å². The van der Waals surface area contributed by atoms with Crippen molar-refractivity contribution >= 4 is 16.0 Å². The zero-order chi connectivity index (χ0) is 13.5. The molecule has 1 aliphatic rings. The highest BCUT2D eigenvalue weighted by Crippen LogP contribution is 2.28. The summed E-state index contributed by atoms with van der Waals surface area (Å²) in [6.45, 7) is 3.43. The molecule has 0 amide bonds. The summed E-state index contributed by atoms with van der Waals surface area (Å²) in [6, 6.07) is -0.969. The molecule has 0 radical (unpaired) electrons. The third-order valence-corrected chi connectivity index (χ3v) is 5.29. The molecular weight excluding hydrogens is 258 g/mol. The Labute approximate surface area is 105 Å². The predicted molar refractivity (Wildman–Crippen MR) is 62.6 cm³/mol. The molecule has 0 spiro atoms. The topological polar surface area (TPSA) is 103 Å². The van der Waals surface area contributed by atoms with Gasteiger partial charge in [-0.1, -0.05) is 0 Å². The third kappa shape index (κ3) is 1.91. The molecule has 2 N–H and O–H groups in total. The van der Waals surface area contributed by atoms with Crippen molar-refractivity contribution in [2.75, 3.05) is 6.54 Å². The summed E-state index contributed by atoms with van der Waals surface area (Å²) in [4.78, 5) is 11.2. The summed E-state index contributed by atoms with van der Waals surface area (Å²) in [7, 11) is -3.79. The molecule has 1 saturated heterocycles. The first-order valence-corrected chi connectivity index (χ1v) is 7.06. The van der Waals surface area contributed by atoms with Gasteiger partial charge in [0.1, 0.15) is 10.9 Å². The van der Waals surface area contributed by atoms with Gasteiger partial charge in [0.25, 0.3) is 0 Å². The number of nitrogens with one attached hydrogen (secondary N) is 1. The smallest absolute Gasteiger partial charge is 0.322 e. The molecule has 1 aromatic rings. The molecule has 2 heterocycles. The molecule has 1 atom stereocenters. The zero-order valence-corrected chi connectivity index (χ0v) is 11.0. The molecule has 1 aliphatic heterocycles. The van der Waals surface area contributed by atoms with Gasteiger partial charge in [-0.25, -0.2) is 8.42 Å². The normalized spacial score (nSPS) is 21.3. The van der Waals surface area contributed by atoms with E-state index in [1.54, 1.807) is 13.8 Å². The van der Waals surface area contributed by atoms with Crippen molar-refractivity contribution in [3.63, 3.8) is 0 Å². The first-order valence-electron chi connectivity index (χ1n) is 5.62. The van der Waals surface area contributed by atoms with Gasteiger partial charge >= 0.3 is 5.97 Å². The van der Waals surface area contributed by atoms with Crippen molar-refractivity contribution in [3.05, 3.63) is 11.4 Å². The largest absolute Gasteiger partial charge is 0.480 e. The number of sulfonamides is 1. The van der Waals surface area contributed by atoms with E-state index in [2.05, 4.69) is 10.2 Å². The lowest BCUT2D eigenvalue weighted by Gasteiger charge is -2.20. The van der Waals surface area contributed by atoms with Crippen LogP contribution in [0, 0.1) is 13.8 Å². The van der Waals surface area contributed by atoms with Crippen LogP contribution in [0.15, 0.2) is 4.90 Å². The highest BCUT2D eigenvalue weighted by atomic mass is 32.2. The molecule has 8 heteroatoms. The van der Waals surface area contributed by atoms with Crippen LogP contribution in [-0.4, -0.2) is 46.6 Å². The number of H-pyrrole nitrogens is 1. The van der Waals surface area contributed by atoms with Crippen LogP contribution in [0.4, 0.5) is 0 Å². The van der Waals surface area contributed by atoms with Crippen LogP contribution < -0.4 is 0 Å². The maximum Gasteiger partial charge on any atom is 0.322 e. The first kappa shape index (κ1) is 13.0. The highest BCUT2D eigenvalue weighted by molar-refractivity contribution is 7.89. The van der Waals surface area contributed by atoms with Crippen molar-refractivity contribution < 1.29 is 18.3 Å². The Morgan fingerprint density at radius 1 is 1.50 bits per heavy atom. The molecule has 0 bridgehead atoms. The second-order valence-electron chi connectivity index (χ2n) is 4.38. The minimum Gasteiger partial charge on any atom is -0.480 e. The molecular formula is C10H15N3O4S. The fourth-order valence-electron chi connectivity index (χ4n) is 2.31. The Morgan fingerprint density at radius 3 is 2.67 bits per heavy atom. The summed E-state index contributed by atoms with van der Waals surface area (Å²) in [6.07, 6.45) is 0.913. The van der Waals surface area contributed by atoms with Crippen LogP contribution in [0.25, 0.3) is 0 Å². The van der Waals surface area contributed by atoms with E-state index in [-0.39, 0.29) is 11.4 Å². The van der Waals surface area contributed by atoms with E-state index in [9.17, 15) is 13.2 Å². The van der Waals surface area contributed by atoms with E-state index >= 15 is 0 Å². The van der Waals surface area contributed by atoms with Crippen LogP contribution in [0.3, 0.4) is 0 Å². The fourth-order valence-corrected chi connectivity index (χ4v) is 4.30. The summed E-state index contributed by atoms with van der Waals surface area (Å²) in [5, 5.41) is 15.5. The number of aryl methyl sites for hydroxylation is 2. The number of carbonyl (C=O) groups is 1. The number of aliphatic carboxylic acids is 1. The predicted octanol–water partition coefficient (Wildman–Crippen LogP) is 0.264. The average Bonchev–Trinajstić information content (AvgIpc) is 2.85. The standard InChI is InChI=1S/C10H15N3O4S/c1-6-9(7(2)12-11-6)18(16,17)13-5-3-4-8(13)10(14)15/h8H,3-5H2,1-2H3,(H,11,12)(H,14,15). The number of rotatable bonds is 3. The Bertz CT molecular complexity index is 558. The van der Waals surface area contributed by atoms with Gasteiger partial charge in [0, 0.05) is 6.54 Å². The number of hydrogen-bond acceptors (Lipinski definition) is 4. The number of aromatic amines is 1.